The average molecular weight is 357 g/mol. The van der Waals surface area contributed by atoms with Gasteiger partial charge in [-0.25, -0.2) is 4.39 Å². The van der Waals surface area contributed by atoms with Crippen molar-refractivity contribution in [1.82, 2.24) is 15.2 Å². The van der Waals surface area contributed by atoms with Crippen LogP contribution in [0.4, 0.5) is 4.39 Å². The van der Waals surface area contributed by atoms with Gasteiger partial charge in [-0.2, -0.15) is 0 Å². The maximum Gasteiger partial charge on any atom is 0.253 e. The molecule has 1 aliphatic rings. The molecule has 26 heavy (non-hydrogen) atoms. The first-order valence-electron chi connectivity index (χ1n) is 9.33. The summed E-state index contributed by atoms with van der Waals surface area (Å²) >= 11 is 0. The van der Waals surface area contributed by atoms with Gasteiger partial charge < -0.3 is 10.2 Å². The minimum atomic E-state index is -0.319. The quantitative estimate of drug-likeness (QED) is 0.902. The molecule has 0 spiro atoms. The molecule has 1 aliphatic carbocycles. The number of carbonyl (C=O) groups is 1. The number of amides is 1. The van der Waals surface area contributed by atoms with Crippen molar-refractivity contribution in [2.45, 2.75) is 45.1 Å². The van der Waals surface area contributed by atoms with Gasteiger partial charge in [0.25, 0.3) is 5.91 Å². The van der Waals surface area contributed by atoms with E-state index < -0.39 is 0 Å². The fraction of sp³-hybridized carbons (Fsp3) is 0.524. The molecule has 0 aliphatic heterocycles. The summed E-state index contributed by atoms with van der Waals surface area (Å²) in [6, 6.07) is 6.26. The number of aromatic nitrogens is 1. The minimum Gasteiger partial charge on any atom is -0.350 e. The number of nitrogens with zero attached hydrogens (tertiary/aromatic N) is 2. The highest BCUT2D eigenvalue weighted by atomic mass is 19.1. The summed E-state index contributed by atoms with van der Waals surface area (Å²) in [6.45, 7) is 4.71. The van der Waals surface area contributed by atoms with Gasteiger partial charge in [-0.05, 0) is 58.0 Å². The lowest BCUT2D eigenvalue weighted by Gasteiger charge is -2.45. The number of halogens is 1. The molecule has 2 atom stereocenters. The molecule has 0 unspecified atom stereocenters. The lowest BCUT2D eigenvalue weighted by molar-refractivity contribution is 0.0674. The van der Waals surface area contributed by atoms with E-state index >= 15 is 0 Å². The molecule has 4 nitrogen and oxygen atoms in total. The standard InChI is InChI=1S/C21H28FN3O/c1-14-6-5-9-21(12-14,25(3)4)13-23-20(26)18-10-16-7-8-17(22)11-19(16)24-15(18)2/h7-8,10-11,14H,5-6,9,12-13H2,1-4H3,(H,23,26)/t14-,21-/m0/s1. The maximum absolute atomic E-state index is 13.4. The van der Waals surface area contributed by atoms with E-state index in [0.717, 1.165) is 18.2 Å². The molecule has 2 aromatic rings. The number of carbonyl (C=O) groups excluding carboxylic acids is 1. The van der Waals surface area contributed by atoms with E-state index in [1.807, 2.05) is 0 Å². The van der Waals surface area contributed by atoms with Gasteiger partial charge in [0, 0.05) is 23.5 Å². The molecule has 1 fully saturated rings. The van der Waals surface area contributed by atoms with Crippen molar-refractivity contribution in [1.29, 1.82) is 0 Å². The first kappa shape index (κ1) is 18.8. The number of hydrogen-bond donors (Lipinski definition) is 1. The summed E-state index contributed by atoms with van der Waals surface area (Å²) in [6.07, 6.45) is 4.64. The highest BCUT2D eigenvalue weighted by molar-refractivity contribution is 5.98. The predicted octanol–water partition coefficient (Wildman–Crippen LogP) is 3.92. The number of benzene rings is 1. The zero-order valence-corrected chi connectivity index (χ0v) is 16.1. The second kappa shape index (κ2) is 7.31. The summed E-state index contributed by atoms with van der Waals surface area (Å²) in [5, 5.41) is 3.91. The van der Waals surface area contributed by atoms with Crippen molar-refractivity contribution >= 4 is 16.8 Å². The normalized spacial score (nSPS) is 23.4. The topological polar surface area (TPSA) is 45.2 Å². The monoisotopic (exact) mass is 357 g/mol. The van der Waals surface area contributed by atoms with E-state index in [2.05, 4.69) is 36.2 Å². The van der Waals surface area contributed by atoms with Gasteiger partial charge >= 0.3 is 0 Å². The largest absolute Gasteiger partial charge is 0.350 e. The fourth-order valence-corrected chi connectivity index (χ4v) is 4.16. The van der Waals surface area contributed by atoms with E-state index in [1.54, 1.807) is 19.1 Å². The summed E-state index contributed by atoms with van der Waals surface area (Å²) in [5.41, 5.74) is 1.76. The molecule has 1 heterocycles. The molecular formula is C21H28FN3O. The Morgan fingerprint density at radius 2 is 2.15 bits per heavy atom. The highest BCUT2D eigenvalue weighted by Gasteiger charge is 2.37. The predicted molar refractivity (Wildman–Crippen MR) is 103 cm³/mol. The maximum atomic E-state index is 13.4. The molecule has 1 aromatic carbocycles. The van der Waals surface area contributed by atoms with Crippen molar-refractivity contribution in [2.75, 3.05) is 20.6 Å². The van der Waals surface area contributed by atoms with Crippen LogP contribution in [0, 0.1) is 18.7 Å². The number of aryl methyl sites for hydroxylation is 1. The molecule has 0 saturated heterocycles. The van der Waals surface area contributed by atoms with E-state index in [4.69, 9.17) is 0 Å². The van der Waals surface area contributed by atoms with E-state index in [0.29, 0.717) is 29.2 Å². The molecule has 1 amide bonds. The number of rotatable bonds is 4. The first-order valence-corrected chi connectivity index (χ1v) is 9.33. The van der Waals surface area contributed by atoms with Crippen LogP contribution in [-0.4, -0.2) is 42.0 Å². The van der Waals surface area contributed by atoms with Crippen LogP contribution in [0.2, 0.25) is 0 Å². The van der Waals surface area contributed by atoms with Crippen LogP contribution in [0.5, 0.6) is 0 Å². The van der Waals surface area contributed by atoms with Gasteiger partial charge in [-0.1, -0.05) is 19.8 Å². The lowest BCUT2D eigenvalue weighted by Crippen LogP contribution is -2.55. The molecule has 5 heteroatoms. The van der Waals surface area contributed by atoms with Gasteiger partial charge in [-0.15, -0.1) is 0 Å². The van der Waals surface area contributed by atoms with Gasteiger partial charge in [0.05, 0.1) is 16.8 Å². The summed E-state index contributed by atoms with van der Waals surface area (Å²) < 4.78 is 13.4. The van der Waals surface area contributed by atoms with Crippen molar-refractivity contribution in [3.8, 4) is 0 Å². The van der Waals surface area contributed by atoms with E-state index in [9.17, 15) is 9.18 Å². The third-order valence-electron chi connectivity index (χ3n) is 5.81. The lowest BCUT2D eigenvalue weighted by atomic mass is 9.75. The third kappa shape index (κ3) is 3.73. The number of hydrogen-bond acceptors (Lipinski definition) is 3. The van der Waals surface area contributed by atoms with Crippen LogP contribution in [0.15, 0.2) is 24.3 Å². The van der Waals surface area contributed by atoms with Crippen LogP contribution >= 0.6 is 0 Å². The molecular weight excluding hydrogens is 329 g/mol. The zero-order chi connectivity index (χ0) is 18.9. The molecule has 1 saturated carbocycles. The number of pyridine rings is 1. The minimum absolute atomic E-state index is 0.00857. The second-order valence-corrected chi connectivity index (χ2v) is 7.96. The van der Waals surface area contributed by atoms with E-state index in [1.165, 1.54) is 25.0 Å². The van der Waals surface area contributed by atoms with Gasteiger partial charge in [0.15, 0.2) is 0 Å². The fourth-order valence-electron chi connectivity index (χ4n) is 4.16. The number of fused-ring (bicyclic) bond motifs is 1. The summed E-state index contributed by atoms with van der Waals surface area (Å²) in [4.78, 5) is 19.5. The Morgan fingerprint density at radius 1 is 1.38 bits per heavy atom. The molecule has 1 aromatic heterocycles. The van der Waals surface area contributed by atoms with Crippen molar-refractivity contribution < 1.29 is 9.18 Å². The van der Waals surface area contributed by atoms with Crippen LogP contribution in [-0.2, 0) is 0 Å². The molecule has 0 radical (unpaired) electrons. The second-order valence-electron chi connectivity index (χ2n) is 7.96. The number of likely N-dealkylation sites (N-methyl/N-ethyl adjacent to an activating group) is 1. The first-order chi connectivity index (χ1) is 12.3. The summed E-state index contributed by atoms with van der Waals surface area (Å²) in [7, 11) is 4.20. The average Bonchev–Trinajstić information content (AvgIpc) is 2.59. The Labute approximate surface area is 154 Å². The van der Waals surface area contributed by atoms with Gasteiger partial charge in [0.1, 0.15) is 5.82 Å². The van der Waals surface area contributed by atoms with Crippen molar-refractivity contribution in [2.24, 2.45) is 5.92 Å². The molecule has 0 bridgehead atoms. The van der Waals surface area contributed by atoms with Crippen molar-refractivity contribution in [3.63, 3.8) is 0 Å². The smallest absolute Gasteiger partial charge is 0.253 e. The van der Waals surface area contributed by atoms with Crippen LogP contribution in [0.25, 0.3) is 10.9 Å². The van der Waals surface area contributed by atoms with Crippen LogP contribution in [0.1, 0.15) is 48.7 Å². The Hall–Kier alpha value is -2.01. The van der Waals surface area contributed by atoms with Crippen molar-refractivity contribution in [3.05, 3.63) is 41.3 Å². The van der Waals surface area contributed by atoms with Crippen LogP contribution in [0.3, 0.4) is 0 Å². The number of nitrogens with one attached hydrogen (secondary N) is 1. The third-order valence-corrected chi connectivity index (χ3v) is 5.81. The molecule has 140 valence electrons. The summed E-state index contributed by atoms with van der Waals surface area (Å²) in [5.74, 6) is 0.239. The Bertz CT molecular complexity index is 820. The Balaban J connectivity index is 1.80. The van der Waals surface area contributed by atoms with Gasteiger partial charge in [-0.3, -0.25) is 9.78 Å². The Morgan fingerprint density at radius 3 is 2.85 bits per heavy atom. The van der Waals surface area contributed by atoms with E-state index in [-0.39, 0.29) is 17.3 Å². The van der Waals surface area contributed by atoms with Gasteiger partial charge in [0.2, 0.25) is 0 Å². The zero-order valence-electron chi connectivity index (χ0n) is 16.1. The SMILES string of the molecule is Cc1nc2cc(F)ccc2cc1C(=O)NC[C@]1(N(C)C)CCC[C@H](C)C1. The Kier molecular flexibility index (Phi) is 5.28. The molecule has 1 N–H and O–H groups in total. The van der Waals surface area contributed by atoms with Crippen LogP contribution < -0.4 is 5.32 Å². The highest BCUT2D eigenvalue weighted by Crippen LogP contribution is 2.35. The molecule has 3 rings (SSSR count).